The lowest BCUT2D eigenvalue weighted by Crippen LogP contribution is -2.52. The van der Waals surface area contributed by atoms with Crippen molar-refractivity contribution in [2.75, 3.05) is 45.3 Å². The van der Waals surface area contributed by atoms with Crippen LogP contribution in [0.2, 0.25) is 0 Å². The van der Waals surface area contributed by atoms with Crippen LogP contribution in [-0.4, -0.2) is 82.8 Å². The molecule has 7 nitrogen and oxygen atoms in total. The van der Waals surface area contributed by atoms with Gasteiger partial charge in [-0.15, -0.1) is 24.0 Å². The first kappa shape index (κ1) is 21.9. The average Bonchev–Trinajstić information content (AvgIpc) is 2.96. The largest absolute Gasteiger partial charge is 0.373 e. The highest BCUT2D eigenvalue weighted by Gasteiger charge is 2.32. The fourth-order valence-electron chi connectivity index (χ4n) is 3.11. The van der Waals surface area contributed by atoms with E-state index in [1.54, 1.807) is 7.05 Å². The van der Waals surface area contributed by atoms with Crippen LogP contribution in [0.15, 0.2) is 4.99 Å². The van der Waals surface area contributed by atoms with Crippen molar-refractivity contribution in [2.24, 2.45) is 4.99 Å². The summed E-state index contributed by atoms with van der Waals surface area (Å²) in [6.45, 7) is 5.65. The Hall–Kier alpha value is -0.130. The summed E-state index contributed by atoms with van der Waals surface area (Å²) in [5.41, 5.74) is 0. The van der Waals surface area contributed by atoms with Crippen molar-refractivity contribution in [1.29, 1.82) is 0 Å². The summed E-state index contributed by atoms with van der Waals surface area (Å²) in [6, 6.07) is 0.658. The molecule has 0 aromatic heterocycles. The van der Waals surface area contributed by atoms with Gasteiger partial charge in [-0.25, -0.2) is 8.42 Å². The van der Waals surface area contributed by atoms with Crippen molar-refractivity contribution in [2.45, 2.75) is 44.4 Å². The average molecular weight is 474 g/mol. The Labute approximate surface area is 162 Å². The van der Waals surface area contributed by atoms with Crippen molar-refractivity contribution in [3.05, 3.63) is 0 Å². The molecule has 0 amide bonds. The quantitative estimate of drug-likeness (QED) is 0.331. The first-order valence-electron chi connectivity index (χ1n) is 8.38. The lowest BCUT2D eigenvalue weighted by atomic mass is 10.2. The highest BCUT2D eigenvalue weighted by Crippen LogP contribution is 2.22. The zero-order valence-electron chi connectivity index (χ0n) is 14.8. The summed E-state index contributed by atoms with van der Waals surface area (Å²) >= 11 is 0. The Balaban J connectivity index is 0.00000288. The normalized spacial score (nSPS) is 26.4. The molecule has 9 heteroatoms. The Kier molecular flexibility index (Phi) is 9.24. The van der Waals surface area contributed by atoms with Gasteiger partial charge in [-0.05, 0) is 32.7 Å². The summed E-state index contributed by atoms with van der Waals surface area (Å²) < 4.78 is 28.4. The molecule has 0 bridgehead atoms. The van der Waals surface area contributed by atoms with E-state index in [0.29, 0.717) is 25.0 Å². The molecule has 3 atom stereocenters. The number of nitrogens with one attached hydrogen (secondary N) is 2. The number of aliphatic imine (C=N–C) groups is 1. The van der Waals surface area contributed by atoms with Gasteiger partial charge in [0.15, 0.2) is 5.96 Å². The Morgan fingerprint density at radius 1 is 1.46 bits per heavy atom. The van der Waals surface area contributed by atoms with E-state index in [4.69, 9.17) is 4.74 Å². The van der Waals surface area contributed by atoms with E-state index in [-0.39, 0.29) is 41.9 Å². The van der Waals surface area contributed by atoms with Gasteiger partial charge in [0.25, 0.3) is 0 Å². The monoisotopic (exact) mass is 474 g/mol. The minimum absolute atomic E-state index is 0. The Bertz CT molecular complexity index is 515. The maximum absolute atomic E-state index is 11.2. The summed E-state index contributed by atoms with van der Waals surface area (Å²) in [5, 5.41) is 6.52. The highest BCUT2D eigenvalue weighted by molar-refractivity contribution is 14.0. The second-order valence-electron chi connectivity index (χ2n) is 6.66. The molecule has 142 valence electrons. The minimum Gasteiger partial charge on any atom is -0.373 e. The third kappa shape index (κ3) is 7.40. The van der Waals surface area contributed by atoms with Gasteiger partial charge in [-0.1, -0.05) is 0 Å². The number of nitrogens with zero attached hydrogens (tertiary/aromatic N) is 2. The maximum atomic E-state index is 11.2. The molecule has 2 rings (SSSR count). The molecule has 0 aromatic carbocycles. The van der Waals surface area contributed by atoms with E-state index >= 15 is 0 Å². The van der Waals surface area contributed by atoms with Crippen molar-refractivity contribution in [1.82, 2.24) is 15.5 Å². The fraction of sp³-hybridized carbons (Fsp3) is 0.933. The van der Waals surface area contributed by atoms with Crippen LogP contribution < -0.4 is 10.6 Å². The molecule has 24 heavy (non-hydrogen) atoms. The molecular weight excluding hydrogens is 443 g/mol. The van der Waals surface area contributed by atoms with Crippen LogP contribution in [0.1, 0.15) is 26.2 Å². The standard InChI is InChI=1S/C15H30N4O3S.HI/c1-12(6-8-23(3,20)21)18-15(16-2)17-9-14-10-19-7-4-5-13(19)11-22-14;/h12-14H,4-11H2,1-3H3,(H2,16,17,18);1H. The number of halogens is 1. The zero-order valence-corrected chi connectivity index (χ0v) is 18.0. The van der Waals surface area contributed by atoms with E-state index in [2.05, 4.69) is 20.5 Å². The Morgan fingerprint density at radius 3 is 2.88 bits per heavy atom. The minimum atomic E-state index is -2.93. The second kappa shape index (κ2) is 10.1. The molecule has 2 aliphatic rings. The summed E-state index contributed by atoms with van der Waals surface area (Å²) in [7, 11) is -1.21. The first-order valence-corrected chi connectivity index (χ1v) is 10.4. The van der Waals surface area contributed by atoms with Gasteiger partial charge in [0.2, 0.25) is 0 Å². The van der Waals surface area contributed by atoms with Crippen molar-refractivity contribution in [3.8, 4) is 0 Å². The number of morpholine rings is 1. The van der Waals surface area contributed by atoms with E-state index in [1.807, 2.05) is 6.92 Å². The van der Waals surface area contributed by atoms with Crippen LogP contribution in [0.25, 0.3) is 0 Å². The maximum Gasteiger partial charge on any atom is 0.191 e. The van der Waals surface area contributed by atoms with Crippen LogP contribution in [0.4, 0.5) is 0 Å². The van der Waals surface area contributed by atoms with Gasteiger partial charge in [-0.2, -0.15) is 0 Å². The van der Waals surface area contributed by atoms with Gasteiger partial charge in [0, 0.05) is 38.5 Å². The number of sulfone groups is 1. The predicted molar refractivity (Wildman–Crippen MR) is 108 cm³/mol. The molecule has 2 saturated heterocycles. The van der Waals surface area contributed by atoms with E-state index in [0.717, 1.165) is 13.2 Å². The number of guanidine groups is 1. The van der Waals surface area contributed by atoms with Crippen molar-refractivity contribution in [3.63, 3.8) is 0 Å². The van der Waals surface area contributed by atoms with Crippen LogP contribution >= 0.6 is 24.0 Å². The number of hydrogen-bond donors (Lipinski definition) is 2. The molecule has 0 aromatic rings. The van der Waals surface area contributed by atoms with Crippen LogP contribution in [0.5, 0.6) is 0 Å². The van der Waals surface area contributed by atoms with Gasteiger partial charge in [0.1, 0.15) is 9.84 Å². The molecule has 0 saturated carbocycles. The van der Waals surface area contributed by atoms with Gasteiger partial charge < -0.3 is 15.4 Å². The number of fused-ring (bicyclic) bond motifs is 1. The molecular formula is C15H31IN4O3S. The van der Waals surface area contributed by atoms with E-state index in [9.17, 15) is 8.42 Å². The summed E-state index contributed by atoms with van der Waals surface area (Å²) in [4.78, 5) is 6.71. The SMILES string of the molecule is CN=C(NCC1CN2CCCC2CO1)NC(C)CCS(C)(=O)=O.I. The van der Waals surface area contributed by atoms with Gasteiger partial charge >= 0.3 is 0 Å². The van der Waals surface area contributed by atoms with Crippen molar-refractivity contribution >= 4 is 39.8 Å². The van der Waals surface area contributed by atoms with E-state index < -0.39 is 9.84 Å². The van der Waals surface area contributed by atoms with Crippen LogP contribution in [0, 0.1) is 0 Å². The summed E-state index contributed by atoms with van der Waals surface area (Å²) in [5.74, 6) is 0.874. The topological polar surface area (TPSA) is 83.0 Å². The first-order chi connectivity index (χ1) is 10.9. The van der Waals surface area contributed by atoms with Crippen LogP contribution in [-0.2, 0) is 14.6 Å². The number of ether oxygens (including phenoxy) is 1. The molecule has 2 heterocycles. The lowest BCUT2D eigenvalue weighted by Gasteiger charge is -2.35. The smallest absolute Gasteiger partial charge is 0.191 e. The van der Waals surface area contributed by atoms with Crippen LogP contribution in [0.3, 0.4) is 0 Å². The van der Waals surface area contributed by atoms with Gasteiger partial charge in [0.05, 0.1) is 18.5 Å². The highest BCUT2D eigenvalue weighted by atomic mass is 127. The molecule has 2 fully saturated rings. The molecule has 2 N–H and O–H groups in total. The predicted octanol–water partition coefficient (Wildman–Crippen LogP) is 0.456. The number of hydrogen-bond acceptors (Lipinski definition) is 5. The van der Waals surface area contributed by atoms with Gasteiger partial charge in [-0.3, -0.25) is 9.89 Å². The third-order valence-electron chi connectivity index (χ3n) is 4.49. The summed E-state index contributed by atoms with van der Waals surface area (Å²) in [6.07, 6.45) is 4.53. The third-order valence-corrected chi connectivity index (χ3v) is 5.46. The van der Waals surface area contributed by atoms with E-state index in [1.165, 1.54) is 25.6 Å². The molecule has 0 aliphatic carbocycles. The number of rotatable bonds is 6. The zero-order chi connectivity index (χ0) is 16.9. The molecule has 2 aliphatic heterocycles. The molecule has 0 radical (unpaired) electrons. The second-order valence-corrected chi connectivity index (χ2v) is 8.92. The van der Waals surface area contributed by atoms with Crippen molar-refractivity contribution < 1.29 is 13.2 Å². The fourth-order valence-corrected chi connectivity index (χ4v) is 3.89. The Morgan fingerprint density at radius 2 is 2.21 bits per heavy atom. The lowest BCUT2D eigenvalue weighted by molar-refractivity contribution is -0.0453. The molecule has 3 unspecified atom stereocenters. The molecule has 0 spiro atoms.